The molecule has 0 amide bonds. The van der Waals surface area contributed by atoms with Crippen molar-refractivity contribution in [1.29, 1.82) is 0 Å². The van der Waals surface area contributed by atoms with Crippen LogP contribution in [0.15, 0.2) is 0 Å². The highest BCUT2D eigenvalue weighted by Crippen LogP contribution is 2.21. The lowest BCUT2D eigenvalue weighted by Crippen LogP contribution is -2.61. The normalized spacial score (nSPS) is 23.1. The van der Waals surface area contributed by atoms with Gasteiger partial charge in [-0.25, -0.2) is 0 Å². The topological polar surface area (TPSA) is 15.3 Å². The van der Waals surface area contributed by atoms with Crippen LogP contribution in [0.1, 0.15) is 85.5 Å². The molecule has 1 fully saturated rings. The van der Waals surface area contributed by atoms with E-state index in [-0.39, 0.29) is 0 Å². The Bertz CT molecular complexity index is 238. The van der Waals surface area contributed by atoms with Crippen LogP contribution < -0.4 is 5.32 Å². The highest BCUT2D eigenvalue weighted by molar-refractivity contribution is 4.92. The van der Waals surface area contributed by atoms with Gasteiger partial charge in [0.25, 0.3) is 0 Å². The third-order valence-corrected chi connectivity index (χ3v) is 4.79. The Morgan fingerprint density at radius 2 is 1.60 bits per heavy atom. The molecule has 0 aromatic carbocycles. The Kier molecular flexibility index (Phi) is 8.79. The zero-order valence-corrected chi connectivity index (χ0v) is 14.5. The zero-order valence-electron chi connectivity index (χ0n) is 14.5. The molecule has 1 atom stereocenters. The maximum Gasteiger partial charge on any atom is 0.0278 e. The minimum Gasteiger partial charge on any atom is -0.311 e. The third kappa shape index (κ3) is 6.58. The number of nitrogens with zero attached hydrogens (tertiary/aromatic N) is 1. The summed E-state index contributed by atoms with van der Waals surface area (Å²) in [5.74, 6) is 0. The van der Waals surface area contributed by atoms with Gasteiger partial charge < -0.3 is 5.32 Å². The van der Waals surface area contributed by atoms with Crippen molar-refractivity contribution in [2.75, 3.05) is 19.6 Å². The average Bonchev–Trinajstić information content (AvgIpc) is 2.41. The fourth-order valence-corrected chi connectivity index (χ4v) is 3.28. The number of hydrogen-bond acceptors (Lipinski definition) is 2. The first-order valence-electron chi connectivity index (χ1n) is 9.08. The molecule has 0 bridgehead atoms. The van der Waals surface area contributed by atoms with Crippen LogP contribution in [0.2, 0.25) is 0 Å². The van der Waals surface area contributed by atoms with Crippen LogP contribution in [0.3, 0.4) is 0 Å². The molecule has 2 nitrogen and oxygen atoms in total. The second-order valence-corrected chi connectivity index (χ2v) is 7.25. The molecule has 1 N–H and O–H groups in total. The van der Waals surface area contributed by atoms with E-state index >= 15 is 0 Å². The maximum atomic E-state index is 3.72. The molecule has 120 valence electrons. The quantitative estimate of drug-likeness (QED) is 0.590. The summed E-state index contributed by atoms with van der Waals surface area (Å²) in [7, 11) is 0. The predicted molar refractivity (Wildman–Crippen MR) is 90.3 cm³/mol. The summed E-state index contributed by atoms with van der Waals surface area (Å²) < 4.78 is 0. The average molecular weight is 283 g/mol. The lowest BCUT2D eigenvalue weighted by atomic mass is 9.95. The Balaban J connectivity index is 2.18. The van der Waals surface area contributed by atoms with Crippen molar-refractivity contribution in [2.24, 2.45) is 0 Å². The van der Waals surface area contributed by atoms with E-state index < -0.39 is 0 Å². The largest absolute Gasteiger partial charge is 0.311 e. The molecular weight excluding hydrogens is 244 g/mol. The minimum atomic E-state index is 0.340. The second-order valence-electron chi connectivity index (χ2n) is 7.25. The molecule has 0 aliphatic carbocycles. The van der Waals surface area contributed by atoms with Crippen molar-refractivity contribution in [3.8, 4) is 0 Å². The molecule has 0 aromatic rings. The summed E-state index contributed by atoms with van der Waals surface area (Å²) in [6, 6.07) is 0.720. The van der Waals surface area contributed by atoms with Crippen molar-refractivity contribution in [3.05, 3.63) is 0 Å². The first-order valence-corrected chi connectivity index (χ1v) is 9.08. The molecule has 20 heavy (non-hydrogen) atoms. The van der Waals surface area contributed by atoms with Crippen molar-refractivity contribution in [1.82, 2.24) is 10.2 Å². The van der Waals surface area contributed by atoms with Gasteiger partial charge in [0.2, 0.25) is 0 Å². The zero-order chi connectivity index (χ0) is 14.8. The van der Waals surface area contributed by atoms with Crippen LogP contribution in [0.25, 0.3) is 0 Å². The molecule has 1 saturated heterocycles. The van der Waals surface area contributed by atoms with E-state index in [0.29, 0.717) is 5.54 Å². The Labute approximate surface area is 127 Å². The van der Waals surface area contributed by atoms with Gasteiger partial charge >= 0.3 is 0 Å². The third-order valence-electron chi connectivity index (χ3n) is 4.79. The molecule has 0 aromatic heterocycles. The van der Waals surface area contributed by atoms with Crippen molar-refractivity contribution < 1.29 is 0 Å². The molecular formula is C18H38N2. The van der Waals surface area contributed by atoms with Gasteiger partial charge in [0.15, 0.2) is 0 Å². The Morgan fingerprint density at radius 1 is 0.950 bits per heavy atom. The summed E-state index contributed by atoms with van der Waals surface area (Å²) >= 11 is 0. The number of piperazine rings is 1. The van der Waals surface area contributed by atoms with Gasteiger partial charge in [-0.05, 0) is 33.2 Å². The smallest absolute Gasteiger partial charge is 0.0278 e. The van der Waals surface area contributed by atoms with Crippen LogP contribution in [0.5, 0.6) is 0 Å². The van der Waals surface area contributed by atoms with Gasteiger partial charge in [-0.2, -0.15) is 0 Å². The highest BCUT2D eigenvalue weighted by atomic mass is 15.3. The van der Waals surface area contributed by atoms with Gasteiger partial charge in [0, 0.05) is 24.7 Å². The van der Waals surface area contributed by atoms with Gasteiger partial charge in [-0.3, -0.25) is 4.90 Å². The summed E-state index contributed by atoms with van der Waals surface area (Å²) in [5.41, 5.74) is 0.340. The van der Waals surface area contributed by atoms with Gasteiger partial charge in [0.05, 0.1) is 0 Å². The van der Waals surface area contributed by atoms with E-state index in [2.05, 4.69) is 37.9 Å². The Morgan fingerprint density at radius 3 is 2.25 bits per heavy atom. The van der Waals surface area contributed by atoms with E-state index in [9.17, 15) is 0 Å². The monoisotopic (exact) mass is 282 g/mol. The molecule has 2 heteroatoms. The molecule has 0 radical (unpaired) electrons. The molecule has 1 unspecified atom stereocenters. The van der Waals surface area contributed by atoms with E-state index in [4.69, 9.17) is 0 Å². The molecule has 1 aliphatic heterocycles. The van der Waals surface area contributed by atoms with Crippen molar-refractivity contribution >= 4 is 0 Å². The maximum absolute atomic E-state index is 3.72. The number of hydrogen-bond donors (Lipinski definition) is 1. The summed E-state index contributed by atoms with van der Waals surface area (Å²) in [4.78, 5) is 2.73. The van der Waals surface area contributed by atoms with Crippen LogP contribution in [0, 0.1) is 0 Å². The number of unbranched alkanes of at least 4 members (excludes halogenated alkanes) is 6. The summed E-state index contributed by atoms with van der Waals surface area (Å²) in [6.45, 7) is 13.1. The van der Waals surface area contributed by atoms with Gasteiger partial charge in [-0.15, -0.1) is 0 Å². The predicted octanol–water partition coefficient (Wildman–Crippen LogP) is 4.59. The van der Waals surface area contributed by atoms with E-state index in [1.165, 1.54) is 70.9 Å². The second kappa shape index (κ2) is 9.78. The standard InChI is InChI=1S/C18H38N2/c1-5-7-8-9-10-11-12-14-20-15-17(13-6-2)19-16-18(20,3)4/h17,19H,5-16H2,1-4H3. The highest BCUT2D eigenvalue weighted by Gasteiger charge is 2.32. The van der Waals surface area contributed by atoms with Crippen LogP contribution in [-0.2, 0) is 0 Å². The number of rotatable bonds is 10. The van der Waals surface area contributed by atoms with Crippen molar-refractivity contribution in [2.45, 2.75) is 97.1 Å². The van der Waals surface area contributed by atoms with Crippen molar-refractivity contribution in [3.63, 3.8) is 0 Å². The van der Waals surface area contributed by atoms with E-state index in [1.54, 1.807) is 0 Å². The summed E-state index contributed by atoms with van der Waals surface area (Å²) in [5, 5.41) is 3.72. The lowest BCUT2D eigenvalue weighted by molar-refractivity contribution is 0.0620. The fraction of sp³-hybridized carbons (Fsp3) is 1.00. The Hall–Kier alpha value is -0.0800. The van der Waals surface area contributed by atoms with Gasteiger partial charge in [0.1, 0.15) is 0 Å². The van der Waals surface area contributed by atoms with Gasteiger partial charge in [-0.1, -0.05) is 58.8 Å². The molecule has 1 rings (SSSR count). The molecule has 1 aliphatic rings. The summed E-state index contributed by atoms with van der Waals surface area (Å²) in [6.07, 6.45) is 12.5. The number of nitrogens with one attached hydrogen (secondary N) is 1. The van der Waals surface area contributed by atoms with Crippen LogP contribution in [-0.4, -0.2) is 36.1 Å². The molecule has 1 heterocycles. The van der Waals surface area contributed by atoms with Crippen LogP contribution in [0.4, 0.5) is 0 Å². The molecule has 0 spiro atoms. The fourth-order valence-electron chi connectivity index (χ4n) is 3.28. The first kappa shape index (κ1) is 18.0. The molecule has 0 saturated carbocycles. The SMILES string of the molecule is CCCCCCCCCN1CC(CCC)NCC1(C)C. The lowest BCUT2D eigenvalue weighted by Gasteiger charge is -2.46. The van der Waals surface area contributed by atoms with Crippen LogP contribution >= 0.6 is 0 Å². The van der Waals surface area contributed by atoms with E-state index in [1.807, 2.05) is 0 Å². The minimum absolute atomic E-state index is 0.340. The van der Waals surface area contributed by atoms with E-state index in [0.717, 1.165) is 12.6 Å². The first-order chi connectivity index (χ1) is 9.60.